The monoisotopic (exact) mass is 257 g/mol. The third kappa shape index (κ3) is 2.36. The van der Waals surface area contributed by atoms with Gasteiger partial charge in [0, 0.05) is 5.56 Å². The summed E-state index contributed by atoms with van der Waals surface area (Å²) >= 11 is 0. The molecule has 0 aliphatic carbocycles. The molecule has 0 saturated carbocycles. The van der Waals surface area contributed by atoms with Crippen LogP contribution in [0.5, 0.6) is 11.5 Å². The Morgan fingerprint density at radius 2 is 1.89 bits per heavy atom. The van der Waals surface area contributed by atoms with Gasteiger partial charge in [0.2, 0.25) is 0 Å². The Bertz CT molecular complexity index is 647. The van der Waals surface area contributed by atoms with Gasteiger partial charge >= 0.3 is 0 Å². The second kappa shape index (κ2) is 5.40. The number of methoxy groups -OCH3 is 2. The number of nitrogens with zero attached hydrogens (tertiary/aromatic N) is 1. The molecule has 0 N–H and O–H groups in total. The lowest BCUT2D eigenvalue weighted by atomic mass is 10.0. The van der Waals surface area contributed by atoms with Gasteiger partial charge < -0.3 is 9.47 Å². The highest BCUT2D eigenvalue weighted by Crippen LogP contribution is 2.38. The quantitative estimate of drug-likeness (QED) is 0.846. The average Bonchev–Trinajstić information content (AvgIpc) is 2.46. The van der Waals surface area contributed by atoms with E-state index in [1.807, 2.05) is 6.07 Å². The Labute approximate surface area is 110 Å². The molecule has 0 fully saturated rings. The van der Waals surface area contributed by atoms with Crippen molar-refractivity contribution in [1.29, 1.82) is 5.26 Å². The Morgan fingerprint density at radius 1 is 1.11 bits per heavy atom. The molecule has 0 heterocycles. The summed E-state index contributed by atoms with van der Waals surface area (Å²) in [6.45, 7) is 0. The van der Waals surface area contributed by atoms with Crippen molar-refractivity contribution >= 4 is 0 Å². The van der Waals surface area contributed by atoms with Crippen molar-refractivity contribution in [2.24, 2.45) is 0 Å². The number of para-hydroxylation sites is 1. The fraction of sp³-hybridized carbons (Fsp3) is 0.133. The highest BCUT2D eigenvalue weighted by molar-refractivity contribution is 5.74. The van der Waals surface area contributed by atoms with Gasteiger partial charge in [0.25, 0.3) is 0 Å². The number of nitriles is 1. The van der Waals surface area contributed by atoms with Crippen molar-refractivity contribution in [2.45, 2.75) is 0 Å². The molecule has 0 spiro atoms. The van der Waals surface area contributed by atoms with Gasteiger partial charge in [0.15, 0.2) is 11.5 Å². The van der Waals surface area contributed by atoms with Crippen LogP contribution in [0.4, 0.5) is 4.39 Å². The molecule has 19 heavy (non-hydrogen) atoms. The molecule has 4 heteroatoms. The summed E-state index contributed by atoms with van der Waals surface area (Å²) in [7, 11) is 3.07. The van der Waals surface area contributed by atoms with E-state index in [1.54, 1.807) is 31.4 Å². The van der Waals surface area contributed by atoms with Crippen LogP contribution in [0.3, 0.4) is 0 Å². The van der Waals surface area contributed by atoms with Crippen LogP contribution in [0.25, 0.3) is 11.1 Å². The molecular formula is C15H12FNO2. The SMILES string of the molecule is COc1cccc(-c2ccc(C#N)c(F)c2)c1OC. The van der Waals surface area contributed by atoms with Crippen molar-refractivity contribution in [3.63, 3.8) is 0 Å². The van der Waals surface area contributed by atoms with Gasteiger partial charge in [-0.3, -0.25) is 0 Å². The minimum atomic E-state index is -0.551. The largest absolute Gasteiger partial charge is 0.493 e. The van der Waals surface area contributed by atoms with Gasteiger partial charge in [-0.15, -0.1) is 0 Å². The minimum Gasteiger partial charge on any atom is -0.493 e. The maximum atomic E-state index is 13.7. The normalized spacial score (nSPS) is 9.79. The lowest BCUT2D eigenvalue weighted by Crippen LogP contribution is -1.94. The lowest BCUT2D eigenvalue weighted by molar-refractivity contribution is 0.356. The molecule has 0 bridgehead atoms. The standard InChI is InChI=1S/C15H12FNO2/c1-18-14-5-3-4-12(15(14)19-2)10-6-7-11(9-17)13(16)8-10/h3-8H,1-2H3. The highest BCUT2D eigenvalue weighted by Gasteiger charge is 2.12. The summed E-state index contributed by atoms with van der Waals surface area (Å²) in [6.07, 6.45) is 0. The molecule has 0 aromatic heterocycles. The first-order valence-electron chi connectivity index (χ1n) is 5.62. The van der Waals surface area contributed by atoms with Crippen molar-refractivity contribution in [1.82, 2.24) is 0 Å². The molecule has 3 nitrogen and oxygen atoms in total. The van der Waals surface area contributed by atoms with Crippen LogP contribution in [0.1, 0.15) is 5.56 Å². The zero-order chi connectivity index (χ0) is 13.8. The van der Waals surface area contributed by atoms with Crippen molar-refractivity contribution in [3.05, 3.63) is 47.8 Å². The van der Waals surface area contributed by atoms with E-state index >= 15 is 0 Å². The van der Waals surface area contributed by atoms with Gasteiger partial charge in [0.05, 0.1) is 19.8 Å². The lowest BCUT2D eigenvalue weighted by Gasteiger charge is -2.12. The molecule has 0 aliphatic rings. The molecule has 0 unspecified atom stereocenters. The van der Waals surface area contributed by atoms with E-state index in [0.717, 1.165) is 0 Å². The topological polar surface area (TPSA) is 42.2 Å². The first-order valence-corrected chi connectivity index (χ1v) is 5.62. The third-order valence-corrected chi connectivity index (χ3v) is 2.80. The van der Waals surface area contributed by atoms with Gasteiger partial charge in [-0.1, -0.05) is 18.2 Å². The summed E-state index contributed by atoms with van der Waals surface area (Å²) in [6, 6.07) is 11.6. The number of hydrogen-bond donors (Lipinski definition) is 0. The smallest absolute Gasteiger partial charge is 0.168 e. The fourth-order valence-electron chi connectivity index (χ4n) is 1.89. The highest BCUT2D eigenvalue weighted by atomic mass is 19.1. The summed E-state index contributed by atoms with van der Waals surface area (Å²) in [4.78, 5) is 0. The Balaban J connectivity index is 2.59. The van der Waals surface area contributed by atoms with Gasteiger partial charge in [-0.2, -0.15) is 5.26 Å². The first-order chi connectivity index (χ1) is 9.21. The third-order valence-electron chi connectivity index (χ3n) is 2.80. The van der Waals surface area contributed by atoms with Gasteiger partial charge in [-0.25, -0.2) is 4.39 Å². The van der Waals surface area contributed by atoms with Gasteiger partial charge in [0.1, 0.15) is 11.9 Å². The molecule has 0 saturated heterocycles. The van der Waals surface area contributed by atoms with Crippen LogP contribution in [-0.4, -0.2) is 14.2 Å². The summed E-state index contributed by atoms with van der Waals surface area (Å²) in [5, 5.41) is 8.73. The van der Waals surface area contributed by atoms with Gasteiger partial charge in [-0.05, 0) is 23.8 Å². The average molecular weight is 257 g/mol. The number of halogens is 1. The number of rotatable bonds is 3. The molecule has 96 valence electrons. The van der Waals surface area contributed by atoms with Crippen molar-refractivity contribution in [3.8, 4) is 28.7 Å². The number of hydrogen-bond acceptors (Lipinski definition) is 3. The van der Waals surface area contributed by atoms with E-state index in [1.165, 1.54) is 19.2 Å². The molecule has 2 aromatic carbocycles. The van der Waals surface area contributed by atoms with E-state index in [0.29, 0.717) is 22.6 Å². The molecule has 2 aromatic rings. The van der Waals surface area contributed by atoms with E-state index < -0.39 is 5.82 Å². The predicted molar refractivity (Wildman–Crippen MR) is 69.7 cm³/mol. The Hall–Kier alpha value is -2.54. The first kappa shape index (κ1) is 12.9. The number of benzene rings is 2. The number of ether oxygens (including phenoxy) is 2. The minimum absolute atomic E-state index is 0.0191. The molecule has 0 radical (unpaired) electrons. The zero-order valence-electron chi connectivity index (χ0n) is 10.6. The maximum absolute atomic E-state index is 13.7. The van der Waals surface area contributed by atoms with Crippen molar-refractivity contribution in [2.75, 3.05) is 14.2 Å². The molecule has 0 amide bonds. The Kier molecular flexibility index (Phi) is 3.67. The second-order valence-corrected chi connectivity index (χ2v) is 3.85. The van der Waals surface area contributed by atoms with Crippen LogP contribution in [0.15, 0.2) is 36.4 Å². The van der Waals surface area contributed by atoms with Crippen LogP contribution >= 0.6 is 0 Å². The Morgan fingerprint density at radius 3 is 2.47 bits per heavy atom. The molecule has 2 rings (SSSR count). The summed E-state index contributed by atoms with van der Waals surface area (Å²) < 4.78 is 24.2. The summed E-state index contributed by atoms with van der Waals surface area (Å²) in [5.41, 5.74) is 1.36. The molecule has 0 aliphatic heterocycles. The molecule has 0 atom stereocenters. The van der Waals surface area contributed by atoms with Crippen LogP contribution in [0.2, 0.25) is 0 Å². The van der Waals surface area contributed by atoms with Crippen LogP contribution < -0.4 is 9.47 Å². The van der Waals surface area contributed by atoms with E-state index in [4.69, 9.17) is 14.7 Å². The molecular weight excluding hydrogens is 245 g/mol. The maximum Gasteiger partial charge on any atom is 0.168 e. The van der Waals surface area contributed by atoms with Crippen LogP contribution in [-0.2, 0) is 0 Å². The fourth-order valence-corrected chi connectivity index (χ4v) is 1.89. The zero-order valence-corrected chi connectivity index (χ0v) is 10.6. The van der Waals surface area contributed by atoms with Crippen LogP contribution in [0, 0.1) is 17.1 Å². The van der Waals surface area contributed by atoms with Crippen molar-refractivity contribution < 1.29 is 13.9 Å². The second-order valence-electron chi connectivity index (χ2n) is 3.85. The van der Waals surface area contributed by atoms with E-state index in [9.17, 15) is 4.39 Å². The predicted octanol–water partition coefficient (Wildman–Crippen LogP) is 3.38. The van der Waals surface area contributed by atoms with E-state index in [2.05, 4.69) is 0 Å². The van der Waals surface area contributed by atoms with E-state index in [-0.39, 0.29) is 5.56 Å². The summed E-state index contributed by atoms with van der Waals surface area (Å²) in [5.74, 6) is 0.559.